The molecule has 25 heavy (non-hydrogen) atoms. The molecule has 1 atom stereocenters. The molecule has 2 aromatic rings. The topological polar surface area (TPSA) is 82.5 Å². The van der Waals surface area contributed by atoms with Crippen LogP contribution in [0.15, 0.2) is 42.6 Å². The number of nitrogens with one attached hydrogen (secondary N) is 1. The van der Waals surface area contributed by atoms with Crippen molar-refractivity contribution in [3.63, 3.8) is 0 Å². The summed E-state index contributed by atoms with van der Waals surface area (Å²) in [4.78, 5) is 30.7. The Labute approximate surface area is 150 Å². The van der Waals surface area contributed by atoms with Crippen molar-refractivity contribution in [2.24, 2.45) is 5.92 Å². The molecule has 1 aromatic heterocycles. The lowest BCUT2D eigenvalue weighted by molar-refractivity contribution is -0.121. The van der Waals surface area contributed by atoms with Crippen LogP contribution < -0.4 is 5.32 Å². The zero-order valence-corrected chi connectivity index (χ0v) is 14.2. The largest absolute Gasteiger partial charge is 0.504 e. The van der Waals surface area contributed by atoms with Crippen LogP contribution in [0.25, 0.3) is 0 Å². The van der Waals surface area contributed by atoms with E-state index in [9.17, 15) is 14.7 Å². The van der Waals surface area contributed by atoms with Crippen LogP contribution in [0.4, 0.5) is 5.82 Å². The lowest BCUT2D eigenvalue weighted by Gasteiger charge is -2.32. The molecule has 2 heterocycles. The molecule has 0 aliphatic carbocycles. The number of halogens is 1. The monoisotopic (exact) mass is 359 g/mol. The van der Waals surface area contributed by atoms with E-state index < -0.39 is 0 Å². The number of aromatic nitrogens is 1. The smallest absolute Gasteiger partial charge is 0.253 e. The van der Waals surface area contributed by atoms with E-state index in [1.54, 1.807) is 35.2 Å². The number of piperidine rings is 1. The van der Waals surface area contributed by atoms with Gasteiger partial charge in [0.05, 0.1) is 5.92 Å². The Bertz CT molecular complexity index is 779. The summed E-state index contributed by atoms with van der Waals surface area (Å²) in [6.07, 6.45) is 2.92. The number of hydrogen-bond acceptors (Lipinski definition) is 4. The van der Waals surface area contributed by atoms with Crippen LogP contribution in [-0.4, -0.2) is 39.9 Å². The molecule has 2 amide bonds. The summed E-state index contributed by atoms with van der Waals surface area (Å²) < 4.78 is 0. The molecule has 1 fully saturated rings. The first-order valence-corrected chi connectivity index (χ1v) is 8.42. The number of benzene rings is 1. The van der Waals surface area contributed by atoms with Gasteiger partial charge >= 0.3 is 0 Å². The zero-order chi connectivity index (χ0) is 17.8. The summed E-state index contributed by atoms with van der Waals surface area (Å²) in [6, 6.07) is 9.75. The van der Waals surface area contributed by atoms with E-state index in [4.69, 9.17) is 11.6 Å². The molecule has 1 aromatic carbocycles. The van der Waals surface area contributed by atoms with Crippen LogP contribution >= 0.6 is 11.6 Å². The first-order chi connectivity index (χ1) is 12.0. The number of amides is 2. The van der Waals surface area contributed by atoms with Crippen molar-refractivity contribution in [2.45, 2.75) is 12.8 Å². The number of pyridine rings is 1. The number of carbonyl (C=O) groups excluding carboxylic acids is 2. The normalized spacial score (nSPS) is 17.2. The summed E-state index contributed by atoms with van der Waals surface area (Å²) >= 11 is 5.85. The lowest BCUT2D eigenvalue weighted by atomic mass is 9.96. The van der Waals surface area contributed by atoms with E-state index in [0.29, 0.717) is 30.1 Å². The molecule has 130 valence electrons. The Kier molecular flexibility index (Phi) is 5.19. The molecule has 0 saturated carbocycles. The zero-order valence-electron chi connectivity index (χ0n) is 13.5. The van der Waals surface area contributed by atoms with Gasteiger partial charge in [0.1, 0.15) is 0 Å². The van der Waals surface area contributed by atoms with Crippen LogP contribution in [0.5, 0.6) is 5.75 Å². The Morgan fingerprint density at radius 1 is 1.24 bits per heavy atom. The molecular weight excluding hydrogens is 342 g/mol. The van der Waals surface area contributed by atoms with E-state index in [1.807, 2.05) is 0 Å². The highest BCUT2D eigenvalue weighted by atomic mass is 35.5. The number of anilines is 1. The van der Waals surface area contributed by atoms with Gasteiger partial charge in [-0.2, -0.15) is 0 Å². The second kappa shape index (κ2) is 7.53. The molecule has 1 aliphatic heterocycles. The third kappa shape index (κ3) is 4.09. The molecule has 7 heteroatoms. The highest BCUT2D eigenvalue weighted by Crippen LogP contribution is 2.23. The molecule has 0 radical (unpaired) electrons. The Hall–Kier alpha value is -2.60. The third-order valence-electron chi connectivity index (χ3n) is 4.20. The minimum absolute atomic E-state index is 0.0826. The van der Waals surface area contributed by atoms with Crippen LogP contribution in [0.3, 0.4) is 0 Å². The highest BCUT2D eigenvalue weighted by molar-refractivity contribution is 6.30. The van der Waals surface area contributed by atoms with Crippen molar-refractivity contribution >= 4 is 29.2 Å². The quantitative estimate of drug-likeness (QED) is 0.882. The van der Waals surface area contributed by atoms with Crippen molar-refractivity contribution in [1.82, 2.24) is 9.88 Å². The van der Waals surface area contributed by atoms with Crippen LogP contribution in [-0.2, 0) is 4.79 Å². The number of nitrogens with zero attached hydrogens (tertiary/aromatic N) is 2. The van der Waals surface area contributed by atoms with Crippen LogP contribution in [0, 0.1) is 5.92 Å². The van der Waals surface area contributed by atoms with Gasteiger partial charge in [-0.15, -0.1) is 0 Å². The molecule has 1 saturated heterocycles. The van der Waals surface area contributed by atoms with Crippen molar-refractivity contribution < 1.29 is 14.7 Å². The summed E-state index contributed by atoms with van der Waals surface area (Å²) in [5.74, 6) is -0.654. The Morgan fingerprint density at radius 3 is 2.72 bits per heavy atom. The van der Waals surface area contributed by atoms with Gasteiger partial charge in [0, 0.05) is 29.9 Å². The SMILES string of the molecule is O=C(Nc1ncccc1O)[C@H]1CCCN(C(=O)c2ccc(Cl)cc2)C1. The standard InChI is InChI=1S/C18H18ClN3O3/c19-14-7-5-12(6-8-14)18(25)22-10-2-3-13(11-22)17(24)21-16-15(23)4-1-9-20-16/h1,4-9,13,23H,2-3,10-11H2,(H,20,21,24)/t13-/m0/s1. The number of rotatable bonds is 3. The molecule has 2 N–H and O–H groups in total. The first-order valence-electron chi connectivity index (χ1n) is 8.04. The van der Waals surface area contributed by atoms with Gasteiger partial charge in [-0.25, -0.2) is 4.98 Å². The van der Waals surface area contributed by atoms with Crippen LogP contribution in [0.1, 0.15) is 23.2 Å². The summed E-state index contributed by atoms with van der Waals surface area (Å²) in [7, 11) is 0. The fourth-order valence-electron chi connectivity index (χ4n) is 2.86. The van der Waals surface area contributed by atoms with Crippen molar-refractivity contribution in [1.29, 1.82) is 0 Å². The minimum Gasteiger partial charge on any atom is -0.504 e. The maximum Gasteiger partial charge on any atom is 0.253 e. The lowest BCUT2D eigenvalue weighted by Crippen LogP contribution is -2.43. The van der Waals surface area contributed by atoms with Crippen molar-refractivity contribution in [3.05, 3.63) is 53.2 Å². The molecule has 0 spiro atoms. The van der Waals surface area contributed by atoms with E-state index in [-0.39, 0.29) is 29.3 Å². The number of aromatic hydroxyl groups is 1. The average molecular weight is 360 g/mol. The maximum atomic E-state index is 12.6. The maximum absolute atomic E-state index is 12.6. The summed E-state index contributed by atoms with van der Waals surface area (Å²) in [5, 5.41) is 12.9. The molecule has 1 aliphatic rings. The summed E-state index contributed by atoms with van der Waals surface area (Å²) in [5.41, 5.74) is 0.549. The van der Waals surface area contributed by atoms with E-state index >= 15 is 0 Å². The first kappa shape index (κ1) is 17.2. The number of hydrogen-bond donors (Lipinski definition) is 2. The second-order valence-corrected chi connectivity index (χ2v) is 6.39. The van der Waals surface area contributed by atoms with Gasteiger partial charge < -0.3 is 15.3 Å². The molecule has 3 rings (SSSR count). The molecular formula is C18H18ClN3O3. The summed E-state index contributed by atoms with van der Waals surface area (Å²) in [6.45, 7) is 0.945. The number of likely N-dealkylation sites (tertiary alicyclic amines) is 1. The Morgan fingerprint density at radius 2 is 2.00 bits per heavy atom. The highest BCUT2D eigenvalue weighted by Gasteiger charge is 2.29. The molecule has 6 nitrogen and oxygen atoms in total. The van der Waals surface area contributed by atoms with Crippen molar-refractivity contribution in [2.75, 3.05) is 18.4 Å². The molecule has 0 bridgehead atoms. The van der Waals surface area contributed by atoms with Crippen molar-refractivity contribution in [3.8, 4) is 5.75 Å². The predicted octanol–water partition coefficient (Wildman–Crippen LogP) is 2.93. The van der Waals surface area contributed by atoms with Gasteiger partial charge in [0.25, 0.3) is 5.91 Å². The third-order valence-corrected chi connectivity index (χ3v) is 4.45. The van der Waals surface area contributed by atoms with E-state index in [1.165, 1.54) is 12.3 Å². The second-order valence-electron chi connectivity index (χ2n) is 5.96. The van der Waals surface area contributed by atoms with Gasteiger partial charge in [-0.05, 0) is 49.2 Å². The fraction of sp³-hybridized carbons (Fsp3) is 0.278. The van der Waals surface area contributed by atoms with Gasteiger partial charge in [-0.3, -0.25) is 9.59 Å². The fourth-order valence-corrected chi connectivity index (χ4v) is 2.99. The predicted molar refractivity (Wildman–Crippen MR) is 94.6 cm³/mol. The van der Waals surface area contributed by atoms with Gasteiger partial charge in [0.15, 0.2) is 11.6 Å². The Balaban J connectivity index is 1.66. The van der Waals surface area contributed by atoms with Gasteiger partial charge in [-0.1, -0.05) is 11.6 Å². The van der Waals surface area contributed by atoms with Gasteiger partial charge in [0.2, 0.25) is 5.91 Å². The van der Waals surface area contributed by atoms with Crippen LogP contribution in [0.2, 0.25) is 5.02 Å². The molecule has 0 unspecified atom stereocenters. The average Bonchev–Trinajstić information content (AvgIpc) is 2.64. The van der Waals surface area contributed by atoms with E-state index in [2.05, 4.69) is 10.3 Å². The number of carbonyl (C=O) groups is 2. The van der Waals surface area contributed by atoms with E-state index in [0.717, 1.165) is 6.42 Å². The minimum atomic E-state index is -0.341.